The van der Waals surface area contributed by atoms with E-state index in [-0.39, 0.29) is 6.17 Å². The number of nitrogens with one attached hydrogen (secondary N) is 1. The van der Waals surface area contributed by atoms with E-state index in [4.69, 9.17) is 30.0 Å². The molecule has 0 amide bonds. The number of nitrogens with zero attached hydrogens (tertiary/aromatic N) is 6. The van der Waals surface area contributed by atoms with Crippen molar-refractivity contribution in [3.63, 3.8) is 0 Å². The normalized spacial score (nSPS) is 23.6. The minimum absolute atomic E-state index is 0.351. The summed E-state index contributed by atoms with van der Waals surface area (Å²) in [5.41, 5.74) is 10.2. The van der Waals surface area contributed by atoms with E-state index in [2.05, 4.69) is 66.0 Å². The van der Waals surface area contributed by atoms with Gasteiger partial charge in [0.25, 0.3) is 0 Å². The first-order valence-corrected chi connectivity index (χ1v) is 13.4. The Morgan fingerprint density at radius 2 is 0.950 bits per heavy atom. The van der Waals surface area contributed by atoms with Gasteiger partial charge in [-0.25, -0.2) is 25.0 Å². The van der Waals surface area contributed by atoms with Crippen molar-refractivity contribution in [3.05, 3.63) is 142 Å². The standard InChI is InChI=1S/C33H21N7/c1-2-10-19-18(9-1)26-17-27(19)35-29-21-12-4-6-14-23(21)31(37-29)39-33-25-16-8-7-15-24(25)32(40-33)38-30-22-13-5-3-11-20(22)28(34-26)36-30/h1-16,28,33H,17H2,(H,36,38,40)/b34-26+,35-27?,39-31-. The quantitative estimate of drug-likeness (QED) is 0.334. The highest BCUT2D eigenvalue weighted by Gasteiger charge is 2.33. The van der Waals surface area contributed by atoms with E-state index >= 15 is 0 Å². The molecular formula is C33H21N7. The monoisotopic (exact) mass is 515 g/mol. The van der Waals surface area contributed by atoms with Crippen molar-refractivity contribution in [1.29, 1.82) is 0 Å². The zero-order chi connectivity index (χ0) is 26.2. The molecule has 0 saturated heterocycles. The fourth-order valence-electron chi connectivity index (χ4n) is 6.13. The van der Waals surface area contributed by atoms with Gasteiger partial charge in [-0.15, -0.1) is 0 Å². The van der Waals surface area contributed by atoms with E-state index in [9.17, 15) is 0 Å². The number of hydrogen-bond acceptors (Lipinski definition) is 7. The molecular weight excluding hydrogens is 494 g/mol. The molecule has 7 heteroatoms. The number of hydrogen-bond donors (Lipinski definition) is 1. The summed E-state index contributed by atoms with van der Waals surface area (Å²) < 4.78 is 0. The van der Waals surface area contributed by atoms with Gasteiger partial charge in [-0.2, -0.15) is 0 Å². The Labute approximate surface area is 230 Å². The minimum atomic E-state index is -0.421. The van der Waals surface area contributed by atoms with Crippen LogP contribution in [-0.2, 0) is 0 Å². The summed E-state index contributed by atoms with van der Waals surface area (Å²) >= 11 is 0. The first-order chi connectivity index (χ1) is 19.8. The van der Waals surface area contributed by atoms with Crippen LogP contribution < -0.4 is 5.32 Å². The molecule has 0 saturated carbocycles. The molecule has 8 bridgehead atoms. The summed E-state index contributed by atoms with van der Waals surface area (Å²) in [6.07, 6.45) is -0.156. The molecule has 7 nitrogen and oxygen atoms in total. The van der Waals surface area contributed by atoms with Crippen molar-refractivity contribution < 1.29 is 0 Å². The highest BCUT2D eigenvalue weighted by molar-refractivity contribution is 6.32. The smallest absolute Gasteiger partial charge is 0.170 e. The average Bonchev–Trinajstić information content (AvgIpc) is 3.73. The van der Waals surface area contributed by atoms with Gasteiger partial charge < -0.3 is 5.32 Å². The van der Waals surface area contributed by atoms with Gasteiger partial charge in [-0.1, -0.05) is 97.1 Å². The second kappa shape index (κ2) is 8.10. The van der Waals surface area contributed by atoms with Crippen LogP contribution in [0.3, 0.4) is 0 Å². The number of aliphatic imine (C=N–C) groups is 6. The molecule has 0 spiro atoms. The van der Waals surface area contributed by atoms with E-state index in [1.165, 1.54) is 0 Å². The van der Waals surface area contributed by atoms with Crippen LogP contribution >= 0.6 is 0 Å². The van der Waals surface area contributed by atoms with Crippen LogP contribution in [0.25, 0.3) is 0 Å². The molecule has 2 atom stereocenters. The molecule has 1 N–H and O–H groups in total. The number of benzene rings is 4. The van der Waals surface area contributed by atoms with Gasteiger partial charge in [0.05, 0.1) is 11.4 Å². The lowest BCUT2D eigenvalue weighted by atomic mass is 10.1. The van der Waals surface area contributed by atoms with Gasteiger partial charge in [-0.05, 0) is 0 Å². The number of amidine groups is 4. The maximum atomic E-state index is 5.22. The molecule has 1 aliphatic carbocycles. The summed E-state index contributed by atoms with van der Waals surface area (Å²) in [4.78, 5) is 30.5. The fourth-order valence-corrected chi connectivity index (χ4v) is 6.13. The minimum Gasteiger partial charge on any atom is -0.324 e. The van der Waals surface area contributed by atoms with Gasteiger partial charge in [-0.3, -0.25) is 4.99 Å². The summed E-state index contributed by atoms with van der Waals surface area (Å²) in [5, 5.41) is 3.56. The van der Waals surface area contributed by atoms with E-state index < -0.39 is 6.17 Å². The third-order valence-corrected chi connectivity index (χ3v) is 8.00. The van der Waals surface area contributed by atoms with Crippen LogP contribution in [0.4, 0.5) is 0 Å². The van der Waals surface area contributed by atoms with Crippen molar-refractivity contribution in [1.82, 2.24) is 5.32 Å². The molecule has 4 aliphatic heterocycles. The first kappa shape index (κ1) is 21.6. The average molecular weight is 516 g/mol. The second-order valence-corrected chi connectivity index (χ2v) is 10.3. The number of rotatable bonds is 0. The molecule has 4 aromatic rings. The summed E-state index contributed by atoms with van der Waals surface area (Å²) in [7, 11) is 0. The molecule has 5 aliphatic rings. The maximum absolute atomic E-state index is 5.22. The topological polar surface area (TPSA) is 86.2 Å². The Kier molecular flexibility index (Phi) is 4.38. The second-order valence-electron chi connectivity index (χ2n) is 10.3. The zero-order valence-corrected chi connectivity index (χ0v) is 21.3. The lowest BCUT2D eigenvalue weighted by molar-refractivity contribution is 0.791. The van der Waals surface area contributed by atoms with Crippen LogP contribution in [0.1, 0.15) is 63.3 Å². The van der Waals surface area contributed by atoms with E-state index in [0.29, 0.717) is 18.1 Å². The Bertz CT molecular complexity index is 1970. The third-order valence-electron chi connectivity index (χ3n) is 8.00. The maximum Gasteiger partial charge on any atom is 0.170 e. The van der Waals surface area contributed by atoms with Crippen molar-refractivity contribution >= 4 is 34.8 Å². The Balaban J connectivity index is 1.30. The summed E-state index contributed by atoms with van der Waals surface area (Å²) in [6, 6.07) is 33.0. The lowest BCUT2D eigenvalue weighted by Crippen LogP contribution is -2.30. The van der Waals surface area contributed by atoms with Crippen molar-refractivity contribution in [2.24, 2.45) is 30.0 Å². The number of fused-ring (bicyclic) bond motifs is 17. The molecule has 4 heterocycles. The molecule has 0 radical (unpaired) electrons. The van der Waals surface area contributed by atoms with Crippen molar-refractivity contribution in [3.8, 4) is 0 Å². The van der Waals surface area contributed by atoms with E-state index in [1.54, 1.807) is 0 Å². The van der Waals surface area contributed by atoms with Gasteiger partial charge in [0.15, 0.2) is 24.0 Å². The van der Waals surface area contributed by atoms with Crippen LogP contribution in [-0.4, -0.2) is 34.8 Å². The third kappa shape index (κ3) is 3.12. The van der Waals surface area contributed by atoms with E-state index in [0.717, 1.165) is 67.6 Å². The molecule has 9 rings (SSSR count). The highest BCUT2D eigenvalue weighted by atomic mass is 15.2. The lowest BCUT2D eigenvalue weighted by Gasteiger charge is -2.08. The summed E-state index contributed by atoms with van der Waals surface area (Å²) in [5.74, 6) is 2.84. The van der Waals surface area contributed by atoms with E-state index in [1.807, 2.05) is 36.4 Å². The zero-order valence-electron chi connectivity index (χ0n) is 21.3. The Morgan fingerprint density at radius 3 is 1.60 bits per heavy atom. The highest BCUT2D eigenvalue weighted by Crippen LogP contribution is 2.36. The van der Waals surface area contributed by atoms with Crippen LogP contribution in [0, 0.1) is 0 Å². The molecule has 188 valence electrons. The predicted octanol–water partition coefficient (Wildman–Crippen LogP) is 5.40. The molecule has 4 aromatic carbocycles. The predicted molar refractivity (Wildman–Crippen MR) is 158 cm³/mol. The van der Waals surface area contributed by atoms with Gasteiger partial charge in [0, 0.05) is 50.9 Å². The van der Waals surface area contributed by atoms with Gasteiger partial charge in [0.2, 0.25) is 0 Å². The molecule has 0 fully saturated rings. The van der Waals surface area contributed by atoms with Crippen LogP contribution in [0.2, 0.25) is 0 Å². The molecule has 2 unspecified atom stereocenters. The first-order valence-electron chi connectivity index (χ1n) is 13.4. The fraction of sp³-hybridized carbons (Fsp3) is 0.0909. The van der Waals surface area contributed by atoms with Crippen molar-refractivity contribution in [2.45, 2.75) is 18.8 Å². The SMILES string of the molecule is c1ccc2c(c1)C1=N/C2=N\C2N=C(NC3=NC(/N=C4\CC(=N1)c1ccccc14)c1ccccc13)c1ccccc12. The summed E-state index contributed by atoms with van der Waals surface area (Å²) in [6.45, 7) is 0. The largest absolute Gasteiger partial charge is 0.324 e. The molecule has 40 heavy (non-hydrogen) atoms. The Morgan fingerprint density at radius 1 is 0.450 bits per heavy atom. The van der Waals surface area contributed by atoms with Crippen LogP contribution in [0.15, 0.2) is 127 Å². The van der Waals surface area contributed by atoms with Crippen LogP contribution in [0.5, 0.6) is 0 Å². The van der Waals surface area contributed by atoms with Gasteiger partial charge >= 0.3 is 0 Å². The van der Waals surface area contributed by atoms with Crippen molar-refractivity contribution in [2.75, 3.05) is 0 Å². The van der Waals surface area contributed by atoms with Gasteiger partial charge in [0.1, 0.15) is 11.7 Å². The molecule has 0 aromatic heterocycles. The Hall–Kier alpha value is -5.30.